The molecule has 0 saturated carbocycles. The fourth-order valence-corrected chi connectivity index (χ4v) is 5.88. The topological polar surface area (TPSA) is 119 Å². The van der Waals surface area contributed by atoms with Crippen molar-refractivity contribution in [3.05, 3.63) is 102 Å². The van der Waals surface area contributed by atoms with E-state index in [0.29, 0.717) is 34.8 Å². The number of hydrogen-bond donors (Lipinski definition) is 3. The van der Waals surface area contributed by atoms with Crippen LogP contribution < -0.4 is 15.0 Å². The van der Waals surface area contributed by atoms with Crippen LogP contribution in [0.1, 0.15) is 47.7 Å². The number of aliphatic hydroxyl groups excluding tert-OH is 1. The number of fused-ring (bicyclic) bond motifs is 1. The van der Waals surface area contributed by atoms with Gasteiger partial charge in [0.25, 0.3) is 11.8 Å². The lowest BCUT2D eigenvalue weighted by Crippen LogP contribution is -2.44. The molecule has 43 heavy (non-hydrogen) atoms. The molecular formula is C34H37N3O6. The van der Waals surface area contributed by atoms with Crippen LogP contribution in [0, 0.1) is 5.92 Å². The van der Waals surface area contributed by atoms with Crippen LogP contribution in [-0.2, 0) is 21.7 Å². The third-order valence-corrected chi connectivity index (χ3v) is 8.35. The Labute approximate surface area is 251 Å². The summed E-state index contributed by atoms with van der Waals surface area (Å²) in [5, 5.41) is 24.6. The zero-order valence-electron chi connectivity index (χ0n) is 24.4. The fourth-order valence-electron chi connectivity index (χ4n) is 5.88. The van der Waals surface area contributed by atoms with Crippen LogP contribution in [0.3, 0.4) is 0 Å². The SMILES string of the molecule is COc1ccc(C(=O)Nc2ccc3c(c2)[C@@](O)([C@H](C)/C=C/CC(=O)N2CCC[C@H]2CO)C(=O)N3Cc2ccccc2)cc1. The van der Waals surface area contributed by atoms with E-state index in [0.717, 1.165) is 18.4 Å². The maximum Gasteiger partial charge on any atom is 0.264 e. The Morgan fingerprint density at radius 2 is 1.86 bits per heavy atom. The highest BCUT2D eigenvalue weighted by atomic mass is 16.5. The lowest BCUT2D eigenvalue weighted by Gasteiger charge is -2.28. The van der Waals surface area contributed by atoms with Gasteiger partial charge in [0.05, 0.1) is 32.0 Å². The Morgan fingerprint density at radius 1 is 1.12 bits per heavy atom. The Morgan fingerprint density at radius 3 is 2.56 bits per heavy atom. The number of carbonyl (C=O) groups excluding carboxylic acids is 3. The molecule has 3 N–H and O–H groups in total. The second kappa shape index (κ2) is 12.8. The number of rotatable bonds is 10. The lowest BCUT2D eigenvalue weighted by molar-refractivity contribution is -0.139. The normalized spacial score (nSPS) is 20.4. The number of methoxy groups -OCH3 is 1. The molecule has 5 rings (SSSR count). The molecule has 0 bridgehead atoms. The number of nitrogens with one attached hydrogen (secondary N) is 1. The molecule has 3 aromatic carbocycles. The minimum absolute atomic E-state index is 0.0640. The van der Waals surface area contributed by atoms with Gasteiger partial charge in [-0.25, -0.2) is 0 Å². The molecule has 224 valence electrons. The second-order valence-electron chi connectivity index (χ2n) is 11.0. The number of aliphatic hydroxyl groups is 2. The van der Waals surface area contributed by atoms with Gasteiger partial charge >= 0.3 is 0 Å². The lowest BCUT2D eigenvalue weighted by atomic mass is 9.82. The van der Waals surface area contributed by atoms with E-state index in [1.54, 1.807) is 78.4 Å². The predicted molar refractivity (Wildman–Crippen MR) is 164 cm³/mol. The Bertz CT molecular complexity index is 1510. The van der Waals surface area contributed by atoms with Gasteiger partial charge in [0.15, 0.2) is 5.60 Å². The van der Waals surface area contributed by atoms with Crippen molar-refractivity contribution < 1.29 is 29.3 Å². The van der Waals surface area contributed by atoms with Gasteiger partial charge in [-0.05, 0) is 60.9 Å². The summed E-state index contributed by atoms with van der Waals surface area (Å²) in [5.41, 5.74) is 0.776. The van der Waals surface area contributed by atoms with Crippen LogP contribution in [0.4, 0.5) is 11.4 Å². The zero-order valence-corrected chi connectivity index (χ0v) is 24.4. The summed E-state index contributed by atoms with van der Waals surface area (Å²) in [4.78, 5) is 43.0. The summed E-state index contributed by atoms with van der Waals surface area (Å²) >= 11 is 0. The number of hydrogen-bond acceptors (Lipinski definition) is 6. The van der Waals surface area contributed by atoms with Gasteiger partial charge in [-0.1, -0.05) is 49.4 Å². The maximum absolute atomic E-state index is 14.0. The molecule has 3 atom stereocenters. The Hall–Kier alpha value is -4.47. The first-order valence-electron chi connectivity index (χ1n) is 14.5. The van der Waals surface area contributed by atoms with Gasteiger partial charge < -0.3 is 30.1 Å². The summed E-state index contributed by atoms with van der Waals surface area (Å²) in [6.45, 7) is 2.55. The minimum Gasteiger partial charge on any atom is -0.497 e. The van der Waals surface area contributed by atoms with Crippen molar-refractivity contribution in [3.8, 4) is 5.75 Å². The van der Waals surface area contributed by atoms with E-state index in [-0.39, 0.29) is 37.4 Å². The molecule has 2 heterocycles. The average molecular weight is 584 g/mol. The predicted octanol–water partition coefficient (Wildman–Crippen LogP) is 4.25. The van der Waals surface area contributed by atoms with Crippen LogP contribution in [0.15, 0.2) is 84.9 Å². The molecule has 0 unspecified atom stereocenters. The number of benzene rings is 3. The molecule has 3 aromatic rings. The summed E-state index contributed by atoms with van der Waals surface area (Å²) in [6, 6.07) is 21.2. The molecule has 2 aliphatic heterocycles. The van der Waals surface area contributed by atoms with E-state index in [2.05, 4.69) is 5.32 Å². The third-order valence-electron chi connectivity index (χ3n) is 8.35. The second-order valence-corrected chi connectivity index (χ2v) is 11.0. The molecule has 2 aliphatic rings. The first kappa shape index (κ1) is 30.0. The molecule has 9 heteroatoms. The van der Waals surface area contributed by atoms with Gasteiger partial charge in [-0.3, -0.25) is 14.4 Å². The van der Waals surface area contributed by atoms with Crippen LogP contribution in [0.5, 0.6) is 5.75 Å². The molecule has 1 saturated heterocycles. The average Bonchev–Trinajstić information content (AvgIpc) is 3.59. The van der Waals surface area contributed by atoms with E-state index in [9.17, 15) is 24.6 Å². The van der Waals surface area contributed by atoms with Crippen molar-refractivity contribution in [1.29, 1.82) is 0 Å². The van der Waals surface area contributed by atoms with E-state index in [1.165, 1.54) is 0 Å². The van der Waals surface area contributed by atoms with Gasteiger partial charge in [-0.2, -0.15) is 0 Å². The highest BCUT2D eigenvalue weighted by Gasteiger charge is 2.52. The molecule has 9 nitrogen and oxygen atoms in total. The highest BCUT2D eigenvalue weighted by Crippen LogP contribution is 2.47. The van der Waals surface area contributed by atoms with E-state index in [1.807, 2.05) is 30.3 Å². The zero-order chi connectivity index (χ0) is 30.6. The highest BCUT2D eigenvalue weighted by molar-refractivity contribution is 6.09. The number of likely N-dealkylation sites (tertiary alicyclic amines) is 1. The largest absolute Gasteiger partial charge is 0.497 e. The van der Waals surface area contributed by atoms with Crippen LogP contribution in [0.25, 0.3) is 0 Å². The van der Waals surface area contributed by atoms with Crippen molar-refractivity contribution in [1.82, 2.24) is 4.90 Å². The van der Waals surface area contributed by atoms with Crippen molar-refractivity contribution in [3.63, 3.8) is 0 Å². The van der Waals surface area contributed by atoms with Gasteiger partial charge in [0.2, 0.25) is 5.91 Å². The molecule has 0 aliphatic carbocycles. The van der Waals surface area contributed by atoms with E-state index in [4.69, 9.17) is 4.74 Å². The number of ether oxygens (including phenoxy) is 1. The van der Waals surface area contributed by atoms with Crippen molar-refractivity contribution in [2.24, 2.45) is 5.92 Å². The Balaban J connectivity index is 1.41. The van der Waals surface area contributed by atoms with E-state index >= 15 is 0 Å². The number of nitrogens with zero attached hydrogens (tertiary/aromatic N) is 2. The number of amides is 3. The van der Waals surface area contributed by atoms with Crippen molar-refractivity contribution >= 4 is 29.1 Å². The number of carbonyl (C=O) groups is 3. The molecular weight excluding hydrogens is 546 g/mol. The monoisotopic (exact) mass is 583 g/mol. The summed E-state index contributed by atoms with van der Waals surface area (Å²) in [6.07, 6.45) is 5.11. The van der Waals surface area contributed by atoms with Crippen LogP contribution in [-0.4, -0.2) is 59.1 Å². The van der Waals surface area contributed by atoms with Gasteiger partial charge in [0.1, 0.15) is 5.75 Å². The minimum atomic E-state index is -1.92. The molecule has 0 aromatic heterocycles. The van der Waals surface area contributed by atoms with Crippen LogP contribution >= 0.6 is 0 Å². The first-order valence-corrected chi connectivity index (χ1v) is 14.5. The fraction of sp³-hybridized carbons (Fsp3) is 0.324. The first-order chi connectivity index (χ1) is 20.8. The third kappa shape index (κ3) is 6.04. The van der Waals surface area contributed by atoms with Gasteiger partial charge in [-0.15, -0.1) is 0 Å². The number of anilines is 2. The van der Waals surface area contributed by atoms with Crippen molar-refractivity contribution in [2.75, 3.05) is 30.5 Å². The molecule has 0 spiro atoms. The summed E-state index contributed by atoms with van der Waals surface area (Å²) in [7, 11) is 1.55. The summed E-state index contributed by atoms with van der Waals surface area (Å²) < 4.78 is 5.17. The summed E-state index contributed by atoms with van der Waals surface area (Å²) in [5.74, 6) is -0.973. The maximum atomic E-state index is 14.0. The van der Waals surface area contributed by atoms with Crippen LogP contribution in [0.2, 0.25) is 0 Å². The standard InChI is InChI=1S/C34H37N3O6/c1-23(8-6-12-31(39)36-19-7-11-27(36)22-38)34(42)29-20-26(35-32(40)25-13-16-28(43-2)17-14-25)15-18-30(29)37(33(34)41)21-24-9-4-3-5-10-24/h3-6,8-10,13-18,20,23,27,38,42H,7,11-12,19,21-22H2,1-2H3,(H,35,40)/b8-6+/t23-,27+,34+/m1/s1. The quantitative estimate of drug-likeness (QED) is 0.307. The smallest absolute Gasteiger partial charge is 0.264 e. The molecule has 0 radical (unpaired) electrons. The van der Waals surface area contributed by atoms with Gasteiger partial charge in [0, 0.05) is 35.7 Å². The Kier molecular flexibility index (Phi) is 8.94. The molecule has 1 fully saturated rings. The van der Waals surface area contributed by atoms with Crippen molar-refractivity contribution in [2.45, 2.75) is 44.4 Å². The van der Waals surface area contributed by atoms with E-state index < -0.39 is 17.4 Å². The molecule has 3 amide bonds.